The number of hydrogen-bond acceptors (Lipinski definition) is 4. The number of thiazole rings is 1. The Hall–Kier alpha value is -1.72. The Kier molecular flexibility index (Phi) is 4.03. The Labute approximate surface area is 128 Å². The number of amides is 1. The minimum atomic E-state index is 0.0667. The normalized spacial score (nSPS) is 17.9. The van der Waals surface area contributed by atoms with E-state index in [4.69, 9.17) is 0 Å². The molecule has 2 N–H and O–H groups in total. The average Bonchev–Trinajstić information content (AvgIpc) is 3.10. The molecule has 0 aliphatic carbocycles. The maximum Gasteiger partial charge on any atom is 0.230 e. The molecule has 0 bridgehead atoms. The van der Waals surface area contributed by atoms with Gasteiger partial charge in [0.2, 0.25) is 5.91 Å². The summed E-state index contributed by atoms with van der Waals surface area (Å²) in [6, 6.07) is 8.31. The molecule has 4 nitrogen and oxygen atoms in total. The molecular formula is C16H19N3OS. The molecule has 1 aromatic heterocycles. The SMILES string of the molecule is Cc1ccc(-c2nc(NC(=O)C3CCNC3)sc2C)cc1. The summed E-state index contributed by atoms with van der Waals surface area (Å²) in [6.45, 7) is 5.79. The molecule has 1 saturated heterocycles. The molecule has 5 heteroatoms. The fourth-order valence-electron chi connectivity index (χ4n) is 2.52. The van der Waals surface area contributed by atoms with Crippen LogP contribution in [-0.4, -0.2) is 24.0 Å². The highest BCUT2D eigenvalue weighted by atomic mass is 32.1. The molecule has 0 radical (unpaired) electrons. The van der Waals surface area contributed by atoms with Crippen molar-refractivity contribution in [2.24, 2.45) is 5.92 Å². The van der Waals surface area contributed by atoms with E-state index in [1.807, 2.05) is 6.92 Å². The van der Waals surface area contributed by atoms with E-state index in [1.54, 1.807) is 0 Å². The average molecular weight is 301 g/mol. The van der Waals surface area contributed by atoms with E-state index in [0.29, 0.717) is 5.13 Å². The molecule has 0 spiro atoms. The summed E-state index contributed by atoms with van der Waals surface area (Å²) in [5.74, 6) is 0.140. The maximum absolute atomic E-state index is 12.1. The maximum atomic E-state index is 12.1. The number of nitrogens with zero attached hydrogens (tertiary/aromatic N) is 1. The van der Waals surface area contributed by atoms with Gasteiger partial charge in [0.05, 0.1) is 11.6 Å². The second-order valence-electron chi connectivity index (χ2n) is 5.47. The van der Waals surface area contributed by atoms with Crippen LogP contribution in [0.5, 0.6) is 0 Å². The lowest BCUT2D eigenvalue weighted by Gasteiger charge is -2.06. The van der Waals surface area contributed by atoms with Crippen LogP contribution in [0.2, 0.25) is 0 Å². The van der Waals surface area contributed by atoms with Crippen LogP contribution in [0, 0.1) is 19.8 Å². The van der Waals surface area contributed by atoms with Gasteiger partial charge in [0.1, 0.15) is 0 Å². The second kappa shape index (κ2) is 5.95. The monoisotopic (exact) mass is 301 g/mol. The van der Waals surface area contributed by atoms with E-state index in [0.717, 1.165) is 35.6 Å². The first-order valence-corrected chi connectivity index (χ1v) is 8.01. The number of aryl methyl sites for hydroxylation is 2. The molecule has 1 unspecified atom stereocenters. The molecule has 110 valence electrons. The number of rotatable bonds is 3. The van der Waals surface area contributed by atoms with Crippen molar-refractivity contribution >= 4 is 22.4 Å². The van der Waals surface area contributed by atoms with Crippen molar-refractivity contribution in [1.82, 2.24) is 10.3 Å². The van der Waals surface area contributed by atoms with Crippen LogP contribution in [0.25, 0.3) is 11.3 Å². The van der Waals surface area contributed by atoms with Gasteiger partial charge in [0.25, 0.3) is 0 Å². The van der Waals surface area contributed by atoms with Gasteiger partial charge in [-0.1, -0.05) is 29.8 Å². The van der Waals surface area contributed by atoms with Gasteiger partial charge in [-0.3, -0.25) is 4.79 Å². The molecule has 2 heterocycles. The number of carbonyl (C=O) groups excluding carboxylic acids is 1. The van der Waals surface area contributed by atoms with Gasteiger partial charge in [0, 0.05) is 17.0 Å². The number of aromatic nitrogens is 1. The zero-order valence-electron chi connectivity index (χ0n) is 12.3. The fraction of sp³-hybridized carbons (Fsp3) is 0.375. The first-order chi connectivity index (χ1) is 10.1. The number of hydrogen-bond donors (Lipinski definition) is 2. The molecule has 1 aromatic carbocycles. The van der Waals surface area contributed by atoms with Crippen LogP contribution in [0.1, 0.15) is 16.9 Å². The Bertz CT molecular complexity index is 642. The zero-order valence-corrected chi connectivity index (χ0v) is 13.1. The van der Waals surface area contributed by atoms with Crippen LogP contribution in [0.4, 0.5) is 5.13 Å². The summed E-state index contributed by atoms with van der Waals surface area (Å²) < 4.78 is 0. The molecule has 2 aromatic rings. The minimum Gasteiger partial charge on any atom is -0.316 e. The lowest BCUT2D eigenvalue weighted by molar-refractivity contribution is -0.119. The number of nitrogens with one attached hydrogen (secondary N) is 2. The molecule has 0 saturated carbocycles. The highest BCUT2D eigenvalue weighted by molar-refractivity contribution is 7.16. The molecule has 1 amide bonds. The lowest BCUT2D eigenvalue weighted by Crippen LogP contribution is -2.24. The summed E-state index contributed by atoms with van der Waals surface area (Å²) in [7, 11) is 0. The van der Waals surface area contributed by atoms with E-state index >= 15 is 0 Å². The van der Waals surface area contributed by atoms with Gasteiger partial charge in [-0.05, 0) is 26.8 Å². The highest BCUT2D eigenvalue weighted by Gasteiger charge is 2.23. The third-order valence-corrected chi connectivity index (χ3v) is 4.67. The molecule has 1 aliphatic heterocycles. The Morgan fingerprint density at radius 3 is 2.76 bits per heavy atom. The van der Waals surface area contributed by atoms with Crippen molar-refractivity contribution in [3.8, 4) is 11.3 Å². The Morgan fingerprint density at radius 2 is 2.10 bits per heavy atom. The molecule has 1 aliphatic rings. The van der Waals surface area contributed by atoms with Crippen molar-refractivity contribution in [3.05, 3.63) is 34.7 Å². The standard InChI is InChI=1S/C16H19N3OS/c1-10-3-5-12(6-4-10)14-11(2)21-16(18-14)19-15(20)13-7-8-17-9-13/h3-6,13,17H,7-9H2,1-2H3,(H,18,19,20). The molecular weight excluding hydrogens is 282 g/mol. The van der Waals surface area contributed by atoms with Crippen LogP contribution >= 0.6 is 11.3 Å². The minimum absolute atomic E-state index is 0.0667. The fourth-order valence-corrected chi connectivity index (χ4v) is 3.35. The predicted octanol–water partition coefficient (Wildman–Crippen LogP) is 2.97. The topological polar surface area (TPSA) is 54.0 Å². The van der Waals surface area contributed by atoms with Crippen LogP contribution < -0.4 is 10.6 Å². The van der Waals surface area contributed by atoms with E-state index in [9.17, 15) is 4.79 Å². The first kappa shape index (κ1) is 14.2. The quantitative estimate of drug-likeness (QED) is 0.916. The summed E-state index contributed by atoms with van der Waals surface area (Å²) in [6.07, 6.45) is 0.904. The van der Waals surface area contributed by atoms with Gasteiger partial charge in [0.15, 0.2) is 5.13 Å². The van der Waals surface area contributed by atoms with Gasteiger partial charge in [-0.25, -0.2) is 4.98 Å². The van der Waals surface area contributed by atoms with E-state index < -0.39 is 0 Å². The third kappa shape index (κ3) is 3.14. The van der Waals surface area contributed by atoms with Crippen LogP contribution in [0.15, 0.2) is 24.3 Å². The summed E-state index contributed by atoms with van der Waals surface area (Å²) >= 11 is 1.54. The smallest absolute Gasteiger partial charge is 0.230 e. The Morgan fingerprint density at radius 1 is 1.33 bits per heavy atom. The van der Waals surface area contributed by atoms with Gasteiger partial charge in [-0.2, -0.15) is 0 Å². The molecule has 1 fully saturated rings. The van der Waals surface area contributed by atoms with Crippen molar-refractivity contribution in [2.75, 3.05) is 18.4 Å². The number of benzene rings is 1. The molecule has 1 atom stereocenters. The van der Waals surface area contributed by atoms with Crippen molar-refractivity contribution in [3.63, 3.8) is 0 Å². The number of carbonyl (C=O) groups is 1. The van der Waals surface area contributed by atoms with E-state index in [1.165, 1.54) is 16.9 Å². The lowest BCUT2D eigenvalue weighted by atomic mass is 10.1. The van der Waals surface area contributed by atoms with Crippen molar-refractivity contribution < 1.29 is 4.79 Å². The van der Waals surface area contributed by atoms with Crippen LogP contribution in [0.3, 0.4) is 0 Å². The van der Waals surface area contributed by atoms with E-state index in [2.05, 4.69) is 46.8 Å². The van der Waals surface area contributed by atoms with Gasteiger partial charge >= 0.3 is 0 Å². The summed E-state index contributed by atoms with van der Waals surface area (Å²) in [5, 5.41) is 6.86. The summed E-state index contributed by atoms with van der Waals surface area (Å²) in [5.41, 5.74) is 3.28. The zero-order chi connectivity index (χ0) is 14.8. The first-order valence-electron chi connectivity index (χ1n) is 7.19. The van der Waals surface area contributed by atoms with Crippen molar-refractivity contribution in [1.29, 1.82) is 0 Å². The summed E-state index contributed by atoms with van der Waals surface area (Å²) in [4.78, 5) is 17.8. The Balaban J connectivity index is 1.77. The molecule has 3 rings (SSSR count). The largest absolute Gasteiger partial charge is 0.316 e. The second-order valence-corrected chi connectivity index (χ2v) is 6.67. The molecule has 21 heavy (non-hydrogen) atoms. The number of anilines is 1. The highest BCUT2D eigenvalue weighted by Crippen LogP contribution is 2.30. The van der Waals surface area contributed by atoms with Crippen LogP contribution in [-0.2, 0) is 4.79 Å². The van der Waals surface area contributed by atoms with Gasteiger partial charge in [-0.15, -0.1) is 11.3 Å². The van der Waals surface area contributed by atoms with Crippen molar-refractivity contribution in [2.45, 2.75) is 20.3 Å². The van der Waals surface area contributed by atoms with Gasteiger partial charge < -0.3 is 10.6 Å². The predicted molar refractivity (Wildman–Crippen MR) is 86.6 cm³/mol. The van der Waals surface area contributed by atoms with E-state index in [-0.39, 0.29) is 11.8 Å². The third-order valence-electron chi connectivity index (χ3n) is 3.78.